The van der Waals surface area contributed by atoms with Crippen LogP contribution >= 0.6 is 0 Å². The maximum atomic E-state index is 12.7. The lowest BCUT2D eigenvalue weighted by molar-refractivity contribution is -0.122. The third-order valence-corrected chi connectivity index (χ3v) is 5.35. The van der Waals surface area contributed by atoms with Gasteiger partial charge in [0, 0.05) is 50.7 Å². The molecule has 6 rings (SSSR count). The number of aromatic amines is 2. The molecular formula is C21H13N3O2. The molecule has 1 aliphatic carbocycles. The quantitative estimate of drug-likeness (QED) is 0.431. The van der Waals surface area contributed by atoms with E-state index in [9.17, 15) is 9.59 Å². The Hall–Kier alpha value is -3.60. The summed E-state index contributed by atoms with van der Waals surface area (Å²) in [7, 11) is 0. The van der Waals surface area contributed by atoms with Crippen molar-refractivity contribution in [1.82, 2.24) is 15.3 Å². The van der Waals surface area contributed by atoms with E-state index in [1.165, 1.54) is 0 Å². The lowest BCUT2D eigenvalue weighted by atomic mass is 9.95. The molecule has 2 aliphatic rings. The van der Waals surface area contributed by atoms with Gasteiger partial charge in [-0.2, -0.15) is 0 Å². The summed E-state index contributed by atoms with van der Waals surface area (Å²) in [5, 5.41) is 4.43. The number of H-pyrrole nitrogens is 2. The van der Waals surface area contributed by atoms with Crippen molar-refractivity contribution in [2.75, 3.05) is 0 Å². The molecule has 1 aliphatic heterocycles. The first-order valence-corrected chi connectivity index (χ1v) is 8.52. The van der Waals surface area contributed by atoms with Gasteiger partial charge in [-0.15, -0.1) is 0 Å². The van der Waals surface area contributed by atoms with Crippen LogP contribution in [0.25, 0.3) is 33.0 Å². The van der Waals surface area contributed by atoms with Gasteiger partial charge in [-0.1, -0.05) is 36.4 Å². The van der Waals surface area contributed by atoms with E-state index in [1.54, 1.807) is 0 Å². The molecule has 0 saturated carbocycles. The van der Waals surface area contributed by atoms with Gasteiger partial charge in [0.15, 0.2) is 0 Å². The van der Waals surface area contributed by atoms with Gasteiger partial charge < -0.3 is 9.97 Å². The van der Waals surface area contributed by atoms with E-state index in [0.717, 1.165) is 44.3 Å². The molecule has 2 aromatic carbocycles. The number of carbonyl (C=O) groups is 2. The monoisotopic (exact) mass is 339 g/mol. The Labute approximate surface area is 147 Å². The van der Waals surface area contributed by atoms with Gasteiger partial charge >= 0.3 is 0 Å². The van der Waals surface area contributed by atoms with Gasteiger partial charge in [0.1, 0.15) is 0 Å². The fraction of sp³-hybridized carbons (Fsp3) is 0.0476. The summed E-state index contributed by atoms with van der Waals surface area (Å²) in [5.74, 6) is -0.650. The summed E-state index contributed by atoms with van der Waals surface area (Å²) in [4.78, 5) is 32.3. The van der Waals surface area contributed by atoms with Crippen LogP contribution < -0.4 is 5.32 Å². The highest BCUT2D eigenvalue weighted by molar-refractivity contribution is 6.51. The van der Waals surface area contributed by atoms with Gasteiger partial charge in [0.25, 0.3) is 11.8 Å². The van der Waals surface area contributed by atoms with Crippen LogP contribution in [0, 0.1) is 0 Å². The zero-order chi connectivity index (χ0) is 17.4. The topological polar surface area (TPSA) is 77.8 Å². The molecule has 4 aromatic rings. The highest BCUT2D eigenvalue weighted by Crippen LogP contribution is 2.44. The first-order chi connectivity index (χ1) is 12.7. The lowest BCUT2D eigenvalue weighted by Gasteiger charge is -2.02. The Bertz CT molecular complexity index is 1220. The van der Waals surface area contributed by atoms with E-state index in [-0.39, 0.29) is 11.8 Å². The average molecular weight is 339 g/mol. The van der Waals surface area contributed by atoms with E-state index >= 15 is 0 Å². The van der Waals surface area contributed by atoms with Gasteiger partial charge in [-0.25, -0.2) is 0 Å². The number of carbonyl (C=O) groups excluding carboxylic acids is 2. The molecular weight excluding hydrogens is 326 g/mol. The van der Waals surface area contributed by atoms with E-state index in [1.807, 2.05) is 48.5 Å². The van der Waals surface area contributed by atoms with E-state index < -0.39 is 0 Å². The number of amides is 2. The minimum atomic E-state index is -0.325. The molecule has 0 bridgehead atoms. The van der Waals surface area contributed by atoms with Crippen molar-refractivity contribution in [2.45, 2.75) is 6.42 Å². The number of rotatable bonds is 0. The molecule has 0 radical (unpaired) electrons. The first kappa shape index (κ1) is 13.7. The molecule has 26 heavy (non-hydrogen) atoms. The number of aromatic nitrogens is 2. The molecule has 2 amide bonds. The van der Waals surface area contributed by atoms with Crippen molar-refractivity contribution >= 4 is 44.8 Å². The van der Waals surface area contributed by atoms with Crippen LogP contribution in [0.4, 0.5) is 0 Å². The predicted molar refractivity (Wildman–Crippen MR) is 99.4 cm³/mol. The second-order valence-electron chi connectivity index (χ2n) is 6.76. The number of nitrogens with one attached hydrogen (secondary N) is 3. The largest absolute Gasteiger partial charge is 0.358 e. The number of imide groups is 1. The number of para-hydroxylation sites is 2. The van der Waals surface area contributed by atoms with Crippen LogP contribution in [0.1, 0.15) is 22.5 Å². The van der Waals surface area contributed by atoms with Gasteiger partial charge in [0.2, 0.25) is 0 Å². The third kappa shape index (κ3) is 1.55. The van der Waals surface area contributed by atoms with Crippen LogP contribution in [0.5, 0.6) is 0 Å². The Morgan fingerprint density at radius 2 is 1.12 bits per heavy atom. The summed E-state index contributed by atoms with van der Waals surface area (Å²) >= 11 is 0. The van der Waals surface area contributed by atoms with Crippen LogP contribution in [0.15, 0.2) is 48.5 Å². The number of hydrogen-bond donors (Lipinski definition) is 3. The predicted octanol–water partition coefficient (Wildman–Crippen LogP) is 3.12. The highest BCUT2D eigenvalue weighted by atomic mass is 16.2. The van der Waals surface area contributed by atoms with Crippen LogP contribution in [-0.4, -0.2) is 21.8 Å². The third-order valence-electron chi connectivity index (χ3n) is 5.35. The second kappa shape index (κ2) is 4.52. The summed E-state index contributed by atoms with van der Waals surface area (Å²) in [5.41, 5.74) is 6.48. The van der Waals surface area contributed by atoms with Crippen LogP contribution in [-0.2, 0) is 16.0 Å². The Morgan fingerprint density at radius 1 is 0.654 bits per heavy atom. The zero-order valence-corrected chi connectivity index (χ0v) is 13.6. The maximum absolute atomic E-state index is 12.7. The van der Waals surface area contributed by atoms with Crippen molar-refractivity contribution in [3.63, 3.8) is 0 Å². The maximum Gasteiger partial charge on any atom is 0.259 e. The van der Waals surface area contributed by atoms with Gasteiger partial charge in [-0.05, 0) is 12.1 Å². The molecule has 0 spiro atoms. The number of fused-ring (bicyclic) bond motifs is 8. The van der Waals surface area contributed by atoms with Crippen LogP contribution in [0.2, 0.25) is 0 Å². The lowest BCUT2D eigenvalue weighted by Crippen LogP contribution is -2.23. The van der Waals surface area contributed by atoms with Crippen molar-refractivity contribution < 1.29 is 9.59 Å². The average Bonchev–Trinajstić information content (AvgIpc) is 3.23. The van der Waals surface area contributed by atoms with E-state index in [0.29, 0.717) is 17.6 Å². The summed E-state index contributed by atoms with van der Waals surface area (Å²) in [6, 6.07) is 15.8. The summed E-state index contributed by atoms with van der Waals surface area (Å²) < 4.78 is 0. The zero-order valence-electron chi connectivity index (χ0n) is 13.6. The first-order valence-electron chi connectivity index (χ1n) is 8.52. The molecule has 5 nitrogen and oxygen atoms in total. The molecule has 0 atom stereocenters. The molecule has 2 aromatic heterocycles. The molecule has 124 valence electrons. The normalized spacial score (nSPS) is 15.8. The molecule has 3 N–H and O–H groups in total. The second-order valence-corrected chi connectivity index (χ2v) is 6.76. The fourth-order valence-electron chi connectivity index (χ4n) is 4.34. The van der Waals surface area contributed by atoms with Gasteiger partial charge in [0.05, 0.1) is 11.1 Å². The van der Waals surface area contributed by atoms with Crippen molar-refractivity contribution in [1.29, 1.82) is 0 Å². The smallest absolute Gasteiger partial charge is 0.259 e. The molecule has 0 saturated heterocycles. The minimum Gasteiger partial charge on any atom is -0.358 e. The van der Waals surface area contributed by atoms with Crippen molar-refractivity contribution in [2.24, 2.45) is 0 Å². The summed E-state index contributed by atoms with van der Waals surface area (Å²) in [6.45, 7) is 0. The van der Waals surface area contributed by atoms with E-state index in [4.69, 9.17) is 0 Å². The highest BCUT2D eigenvalue weighted by Gasteiger charge is 2.39. The summed E-state index contributed by atoms with van der Waals surface area (Å²) in [6.07, 6.45) is 0.613. The Morgan fingerprint density at radius 3 is 1.62 bits per heavy atom. The number of benzene rings is 2. The van der Waals surface area contributed by atoms with Crippen molar-refractivity contribution in [3.8, 4) is 0 Å². The fourth-order valence-corrected chi connectivity index (χ4v) is 4.34. The van der Waals surface area contributed by atoms with Crippen LogP contribution in [0.3, 0.4) is 0 Å². The molecule has 5 heteroatoms. The molecule has 3 heterocycles. The number of hydrogen-bond acceptors (Lipinski definition) is 2. The standard InChI is InChI=1S/C21H13N3O2/c25-20-18-16-10-5-1-3-7-12(10)22-14(16)9-15-17(19(18)21(26)24-20)11-6-2-4-8-13(11)23-15/h1-8,22-23H,9H2,(H,24,25,26). The molecule has 0 fully saturated rings. The SMILES string of the molecule is O=C1NC(=O)C2=C1c1c([nH]c3ccccc13)Cc1[nH]c3ccccc3c12. The Kier molecular flexibility index (Phi) is 2.37. The minimum absolute atomic E-state index is 0.325. The molecule has 0 unspecified atom stereocenters. The van der Waals surface area contributed by atoms with E-state index in [2.05, 4.69) is 15.3 Å². The van der Waals surface area contributed by atoms with Gasteiger partial charge in [-0.3, -0.25) is 14.9 Å². The van der Waals surface area contributed by atoms with Crippen molar-refractivity contribution in [3.05, 3.63) is 71.0 Å². The Balaban J connectivity index is 1.82.